The highest BCUT2D eigenvalue weighted by molar-refractivity contribution is 5.64. The van der Waals surface area contributed by atoms with Crippen LogP contribution in [0.3, 0.4) is 0 Å². The van der Waals surface area contributed by atoms with E-state index >= 15 is 0 Å². The van der Waals surface area contributed by atoms with E-state index in [1.54, 1.807) is 0 Å². The van der Waals surface area contributed by atoms with Crippen molar-refractivity contribution in [3.8, 4) is 5.75 Å². The summed E-state index contributed by atoms with van der Waals surface area (Å²) in [6.07, 6.45) is -4.68. The number of hydrogen-bond donors (Lipinski definition) is 0. The summed E-state index contributed by atoms with van der Waals surface area (Å²) in [5, 5.41) is 0. The van der Waals surface area contributed by atoms with Gasteiger partial charge in [0.25, 0.3) is 0 Å². The lowest BCUT2D eigenvalue weighted by Crippen LogP contribution is -2.21. The summed E-state index contributed by atoms with van der Waals surface area (Å²) in [5.41, 5.74) is -0.114. The number of carbonyl (C=O) groups is 1. The van der Waals surface area contributed by atoms with Crippen LogP contribution in [0.5, 0.6) is 5.75 Å². The molecule has 1 rings (SSSR count). The minimum Gasteiger partial charge on any atom is -0.497 e. The van der Waals surface area contributed by atoms with E-state index in [0.29, 0.717) is 5.75 Å². The normalized spacial score (nSPS) is 13.3. The Kier molecular flexibility index (Phi) is 3.34. The predicted octanol–water partition coefficient (Wildman–Crippen LogP) is 2.54. The zero-order valence-electron chi connectivity index (χ0n) is 7.91. The molecule has 1 aromatic carbocycles. The Morgan fingerprint density at radius 1 is 1.40 bits per heavy atom. The van der Waals surface area contributed by atoms with Gasteiger partial charge in [0.15, 0.2) is 0 Å². The molecule has 0 heterocycles. The number of carbonyl (C=O) groups excluding carboxylic acids is 1. The van der Waals surface area contributed by atoms with Gasteiger partial charge in [-0.1, -0.05) is 12.1 Å². The number of aldehydes is 1. The molecule has 2 nitrogen and oxygen atoms in total. The molecule has 0 aromatic heterocycles. The highest BCUT2D eigenvalue weighted by atomic mass is 19.4. The third kappa shape index (κ3) is 2.71. The largest absolute Gasteiger partial charge is 0.497 e. The van der Waals surface area contributed by atoms with Crippen molar-refractivity contribution in [3.63, 3.8) is 0 Å². The molecule has 0 bridgehead atoms. The van der Waals surface area contributed by atoms with Crippen LogP contribution >= 0.6 is 0 Å². The van der Waals surface area contributed by atoms with Gasteiger partial charge < -0.3 is 9.53 Å². The molecule has 82 valence electrons. The molecule has 0 fully saturated rings. The zero-order valence-corrected chi connectivity index (χ0v) is 7.91. The summed E-state index contributed by atoms with van der Waals surface area (Å²) in [4.78, 5) is 10.4. The van der Waals surface area contributed by atoms with Gasteiger partial charge in [0.1, 0.15) is 18.0 Å². The van der Waals surface area contributed by atoms with Crippen LogP contribution in [-0.2, 0) is 4.79 Å². The van der Waals surface area contributed by atoms with Gasteiger partial charge in [0.2, 0.25) is 0 Å². The van der Waals surface area contributed by atoms with Crippen molar-refractivity contribution in [1.29, 1.82) is 0 Å². The Hall–Kier alpha value is -1.52. The molecule has 0 saturated heterocycles. The third-order valence-corrected chi connectivity index (χ3v) is 1.94. The first kappa shape index (κ1) is 11.6. The monoisotopic (exact) mass is 218 g/mol. The van der Waals surface area contributed by atoms with Gasteiger partial charge in [-0.05, 0) is 17.7 Å². The summed E-state index contributed by atoms with van der Waals surface area (Å²) in [7, 11) is 1.35. The molecular formula is C10H9F3O2. The second-order valence-corrected chi connectivity index (χ2v) is 2.93. The molecule has 0 aliphatic carbocycles. The lowest BCUT2D eigenvalue weighted by Gasteiger charge is -2.15. The number of rotatable bonds is 3. The van der Waals surface area contributed by atoms with E-state index in [1.807, 2.05) is 0 Å². The van der Waals surface area contributed by atoms with E-state index < -0.39 is 12.1 Å². The van der Waals surface area contributed by atoms with Crippen LogP contribution < -0.4 is 4.74 Å². The van der Waals surface area contributed by atoms with Crippen molar-refractivity contribution in [2.45, 2.75) is 12.1 Å². The molecule has 0 N–H and O–H groups in total. The first-order valence-corrected chi connectivity index (χ1v) is 4.15. The van der Waals surface area contributed by atoms with E-state index in [4.69, 9.17) is 4.74 Å². The Balaban J connectivity index is 3.07. The molecule has 0 amide bonds. The number of hydrogen-bond acceptors (Lipinski definition) is 2. The number of ether oxygens (including phenoxy) is 1. The van der Waals surface area contributed by atoms with Crippen LogP contribution in [0, 0.1) is 0 Å². The fraction of sp³-hybridized carbons (Fsp3) is 0.300. The van der Waals surface area contributed by atoms with Crippen LogP contribution in [0.25, 0.3) is 0 Å². The lowest BCUT2D eigenvalue weighted by molar-refractivity contribution is -0.155. The fourth-order valence-electron chi connectivity index (χ4n) is 1.18. The maximum absolute atomic E-state index is 12.4. The molecular weight excluding hydrogens is 209 g/mol. The predicted molar refractivity (Wildman–Crippen MR) is 47.9 cm³/mol. The van der Waals surface area contributed by atoms with Crippen molar-refractivity contribution < 1.29 is 22.7 Å². The smallest absolute Gasteiger partial charge is 0.402 e. The van der Waals surface area contributed by atoms with Crippen molar-refractivity contribution in [3.05, 3.63) is 29.8 Å². The molecule has 1 aromatic rings. The standard InChI is InChI=1S/C10H9F3O2/c1-15-8-4-2-3-7(5-8)9(6-14)10(11,12)13/h2-6,9H,1H3. The number of methoxy groups -OCH3 is 1. The highest BCUT2D eigenvalue weighted by Gasteiger charge is 2.40. The summed E-state index contributed by atoms with van der Waals surface area (Å²) >= 11 is 0. The summed E-state index contributed by atoms with van der Waals surface area (Å²) in [6, 6.07) is 5.37. The van der Waals surface area contributed by atoms with Gasteiger partial charge in [0.05, 0.1) is 7.11 Å². The number of halogens is 3. The fourth-order valence-corrected chi connectivity index (χ4v) is 1.18. The van der Waals surface area contributed by atoms with E-state index in [0.717, 1.165) is 0 Å². The molecule has 0 saturated carbocycles. The second-order valence-electron chi connectivity index (χ2n) is 2.93. The summed E-state index contributed by atoms with van der Waals surface area (Å²) in [6.45, 7) is 0. The van der Waals surface area contributed by atoms with Gasteiger partial charge in [-0.25, -0.2) is 0 Å². The zero-order chi connectivity index (χ0) is 11.5. The molecule has 1 unspecified atom stereocenters. The Labute approximate surface area is 84.7 Å². The Morgan fingerprint density at radius 3 is 2.53 bits per heavy atom. The summed E-state index contributed by atoms with van der Waals surface area (Å²) < 4.78 is 41.9. The van der Waals surface area contributed by atoms with Crippen LogP contribution in [0.4, 0.5) is 13.2 Å². The molecule has 0 spiro atoms. The molecule has 15 heavy (non-hydrogen) atoms. The quantitative estimate of drug-likeness (QED) is 0.729. The van der Waals surface area contributed by atoms with Crippen LogP contribution in [0.15, 0.2) is 24.3 Å². The van der Waals surface area contributed by atoms with Crippen LogP contribution in [-0.4, -0.2) is 19.6 Å². The van der Waals surface area contributed by atoms with Gasteiger partial charge in [-0.3, -0.25) is 0 Å². The Morgan fingerprint density at radius 2 is 2.07 bits per heavy atom. The van der Waals surface area contributed by atoms with E-state index in [2.05, 4.69) is 0 Å². The molecule has 0 radical (unpaired) electrons. The van der Waals surface area contributed by atoms with Crippen LogP contribution in [0.1, 0.15) is 11.5 Å². The average molecular weight is 218 g/mol. The molecule has 5 heteroatoms. The van der Waals surface area contributed by atoms with E-state index in [1.165, 1.54) is 31.4 Å². The van der Waals surface area contributed by atoms with Gasteiger partial charge in [0, 0.05) is 0 Å². The first-order valence-electron chi connectivity index (χ1n) is 4.15. The third-order valence-electron chi connectivity index (χ3n) is 1.94. The molecule has 0 aliphatic rings. The van der Waals surface area contributed by atoms with Crippen molar-refractivity contribution in [2.75, 3.05) is 7.11 Å². The van der Waals surface area contributed by atoms with E-state index in [-0.39, 0.29) is 11.8 Å². The van der Waals surface area contributed by atoms with Crippen molar-refractivity contribution >= 4 is 6.29 Å². The SMILES string of the molecule is COc1cccc(C(C=O)C(F)(F)F)c1. The first-order chi connectivity index (χ1) is 6.99. The maximum atomic E-state index is 12.4. The number of alkyl halides is 3. The van der Waals surface area contributed by atoms with Crippen molar-refractivity contribution in [1.82, 2.24) is 0 Å². The minimum absolute atomic E-state index is 0.114. The van der Waals surface area contributed by atoms with Crippen LogP contribution in [0.2, 0.25) is 0 Å². The van der Waals surface area contributed by atoms with Crippen molar-refractivity contribution in [2.24, 2.45) is 0 Å². The summed E-state index contributed by atoms with van der Waals surface area (Å²) in [5.74, 6) is -1.80. The minimum atomic E-state index is -4.56. The molecule has 0 aliphatic heterocycles. The van der Waals surface area contributed by atoms with E-state index in [9.17, 15) is 18.0 Å². The van der Waals surface area contributed by atoms with Gasteiger partial charge in [-0.15, -0.1) is 0 Å². The Bertz CT molecular complexity index is 347. The van der Waals surface area contributed by atoms with Gasteiger partial charge >= 0.3 is 6.18 Å². The van der Waals surface area contributed by atoms with Gasteiger partial charge in [-0.2, -0.15) is 13.2 Å². The lowest BCUT2D eigenvalue weighted by atomic mass is 10.00. The molecule has 1 atom stereocenters. The second kappa shape index (κ2) is 4.33. The highest BCUT2D eigenvalue weighted by Crippen LogP contribution is 2.34. The number of benzene rings is 1. The average Bonchev–Trinajstić information content (AvgIpc) is 2.17. The maximum Gasteiger partial charge on any atom is 0.402 e. The topological polar surface area (TPSA) is 26.3 Å².